The minimum Gasteiger partial charge on any atom is -0.308 e. The van der Waals surface area contributed by atoms with Crippen LogP contribution in [-0.2, 0) is 0 Å². The van der Waals surface area contributed by atoms with Crippen LogP contribution in [0.1, 0.15) is 24.5 Å². The first-order chi connectivity index (χ1) is 6.70. The molecule has 0 amide bonds. The van der Waals surface area contributed by atoms with Crippen molar-refractivity contribution in [3.05, 3.63) is 41.0 Å². The topological polar surface area (TPSA) is 23.9 Å². The number of allylic oxidation sites excluding steroid dienone is 1. The van der Waals surface area contributed by atoms with Gasteiger partial charge in [0.1, 0.15) is 0 Å². The quantitative estimate of drug-likeness (QED) is 0.715. The Kier molecular flexibility index (Phi) is 3.51. The first kappa shape index (κ1) is 10.6. The van der Waals surface area contributed by atoms with Crippen LogP contribution in [0.2, 0.25) is 0 Å². The van der Waals surface area contributed by atoms with Crippen LogP contribution in [0.25, 0.3) is 6.08 Å². The molecule has 0 fully saturated rings. The van der Waals surface area contributed by atoms with Gasteiger partial charge in [-0.3, -0.25) is 0 Å². The van der Waals surface area contributed by atoms with Gasteiger partial charge >= 0.3 is 0 Å². The van der Waals surface area contributed by atoms with Gasteiger partial charge in [-0.2, -0.15) is 0 Å². The summed E-state index contributed by atoms with van der Waals surface area (Å²) in [6.07, 6.45) is 5.16. The van der Waals surface area contributed by atoms with Crippen LogP contribution in [0.3, 0.4) is 0 Å². The number of hydrogen-bond acceptors (Lipinski definition) is 1. The Balaban J connectivity index is 3.24. The Morgan fingerprint density at radius 3 is 2.64 bits per heavy atom. The molecule has 14 heavy (non-hydrogen) atoms. The van der Waals surface area contributed by atoms with E-state index < -0.39 is 11.6 Å². The van der Waals surface area contributed by atoms with Gasteiger partial charge < -0.3 is 5.41 Å². The van der Waals surface area contributed by atoms with E-state index in [0.717, 1.165) is 18.7 Å². The molecule has 0 aromatic heterocycles. The van der Waals surface area contributed by atoms with E-state index in [1.165, 1.54) is 6.07 Å². The summed E-state index contributed by atoms with van der Waals surface area (Å²) in [5, 5.41) is 6.99. The van der Waals surface area contributed by atoms with Crippen molar-refractivity contribution in [2.75, 3.05) is 0 Å². The molecule has 0 aliphatic rings. The van der Waals surface area contributed by atoms with Crippen molar-refractivity contribution in [3.8, 4) is 0 Å². The van der Waals surface area contributed by atoms with Crippen LogP contribution in [0.5, 0.6) is 0 Å². The lowest BCUT2D eigenvalue weighted by atomic mass is 10.1. The van der Waals surface area contributed by atoms with Gasteiger partial charge in [-0.1, -0.05) is 25.1 Å². The monoisotopic (exact) mass is 195 g/mol. The molecule has 1 rings (SSSR count). The molecule has 74 valence electrons. The fourth-order valence-corrected chi connectivity index (χ4v) is 1.12. The second-order valence-electron chi connectivity index (χ2n) is 2.82. The molecular formula is C11H11F2N. The molecule has 3 heteroatoms. The Labute approximate surface area is 81.6 Å². The van der Waals surface area contributed by atoms with Crippen molar-refractivity contribution in [3.63, 3.8) is 0 Å². The molecule has 1 N–H and O–H groups in total. The first-order valence-corrected chi connectivity index (χ1v) is 4.35. The minimum atomic E-state index is -0.960. The van der Waals surface area contributed by atoms with Crippen LogP contribution >= 0.6 is 0 Å². The van der Waals surface area contributed by atoms with Crippen molar-refractivity contribution in [1.82, 2.24) is 0 Å². The van der Waals surface area contributed by atoms with Crippen LogP contribution in [0.15, 0.2) is 18.2 Å². The van der Waals surface area contributed by atoms with Crippen LogP contribution in [0.4, 0.5) is 8.78 Å². The molecule has 1 nitrogen and oxygen atoms in total. The van der Waals surface area contributed by atoms with E-state index in [0.29, 0.717) is 5.56 Å². The highest BCUT2D eigenvalue weighted by Gasteiger charge is 2.09. The standard InChI is InChI=1S/C11H11F2N/c1-2-3-4-8-5-6-10(12)11(13)9(8)7-14/h3-7,14H,2H2,1H3/b4-3-,14-7?. The number of halogens is 2. The third kappa shape index (κ3) is 2.05. The highest BCUT2D eigenvalue weighted by Crippen LogP contribution is 2.16. The highest BCUT2D eigenvalue weighted by atomic mass is 19.2. The van der Waals surface area contributed by atoms with E-state index in [-0.39, 0.29) is 5.56 Å². The second kappa shape index (κ2) is 4.65. The van der Waals surface area contributed by atoms with E-state index in [1.807, 2.05) is 13.0 Å². The van der Waals surface area contributed by atoms with Gasteiger partial charge in [0.25, 0.3) is 0 Å². The molecule has 0 unspecified atom stereocenters. The highest BCUT2D eigenvalue weighted by molar-refractivity contribution is 5.83. The molecule has 0 bridgehead atoms. The smallest absolute Gasteiger partial charge is 0.168 e. The molecule has 1 aromatic rings. The SMILES string of the molecule is CC/C=C\c1ccc(F)c(F)c1C=N. The Morgan fingerprint density at radius 1 is 1.36 bits per heavy atom. The van der Waals surface area contributed by atoms with Gasteiger partial charge in [0.05, 0.1) is 0 Å². The summed E-state index contributed by atoms with van der Waals surface area (Å²) in [5.74, 6) is -1.88. The summed E-state index contributed by atoms with van der Waals surface area (Å²) in [5.41, 5.74) is 0.524. The van der Waals surface area contributed by atoms with E-state index in [9.17, 15) is 8.78 Å². The predicted octanol–water partition coefficient (Wildman–Crippen LogP) is 3.39. The molecule has 0 saturated carbocycles. The van der Waals surface area contributed by atoms with Crippen molar-refractivity contribution in [2.24, 2.45) is 0 Å². The number of rotatable bonds is 3. The molecule has 0 radical (unpaired) electrons. The zero-order valence-corrected chi connectivity index (χ0v) is 7.85. The van der Waals surface area contributed by atoms with Crippen LogP contribution in [0, 0.1) is 17.0 Å². The summed E-state index contributed by atoms with van der Waals surface area (Å²) in [6.45, 7) is 1.94. The Bertz CT molecular complexity index is 370. The number of benzene rings is 1. The summed E-state index contributed by atoms with van der Waals surface area (Å²) >= 11 is 0. The van der Waals surface area contributed by atoms with E-state index in [2.05, 4.69) is 0 Å². The van der Waals surface area contributed by atoms with Crippen molar-refractivity contribution in [1.29, 1.82) is 5.41 Å². The normalized spacial score (nSPS) is 10.8. The summed E-state index contributed by atoms with van der Waals surface area (Å²) in [7, 11) is 0. The predicted molar refractivity (Wildman–Crippen MR) is 53.6 cm³/mol. The Morgan fingerprint density at radius 2 is 2.07 bits per heavy atom. The molecular weight excluding hydrogens is 184 g/mol. The fraction of sp³-hybridized carbons (Fsp3) is 0.182. The minimum absolute atomic E-state index is 0.00491. The van der Waals surface area contributed by atoms with Gasteiger partial charge in [-0.25, -0.2) is 8.78 Å². The lowest BCUT2D eigenvalue weighted by molar-refractivity contribution is 0.507. The number of hydrogen-bond donors (Lipinski definition) is 1. The maximum absolute atomic E-state index is 13.1. The van der Waals surface area contributed by atoms with Crippen LogP contribution < -0.4 is 0 Å². The van der Waals surface area contributed by atoms with Gasteiger partial charge in [-0.15, -0.1) is 0 Å². The first-order valence-electron chi connectivity index (χ1n) is 4.35. The molecule has 0 aliphatic heterocycles. The average Bonchev–Trinajstić information content (AvgIpc) is 2.20. The third-order valence-electron chi connectivity index (χ3n) is 1.84. The Hall–Kier alpha value is -1.51. The summed E-state index contributed by atoms with van der Waals surface area (Å²) < 4.78 is 25.9. The maximum Gasteiger partial charge on any atom is 0.168 e. The zero-order valence-electron chi connectivity index (χ0n) is 7.85. The molecule has 0 spiro atoms. The van der Waals surface area contributed by atoms with Gasteiger partial charge in [-0.05, 0) is 18.1 Å². The van der Waals surface area contributed by atoms with E-state index in [1.54, 1.807) is 6.08 Å². The lowest BCUT2D eigenvalue weighted by Crippen LogP contribution is -1.95. The molecule has 1 aromatic carbocycles. The van der Waals surface area contributed by atoms with E-state index >= 15 is 0 Å². The van der Waals surface area contributed by atoms with Crippen molar-refractivity contribution >= 4 is 12.3 Å². The summed E-state index contributed by atoms with van der Waals surface area (Å²) in [6, 6.07) is 2.53. The molecule has 0 atom stereocenters. The molecule has 0 aliphatic carbocycles. The van der Waals surface area contributed by atoms with Gasteiger partial charge in [0.2, 0.25) is 0 Å². The molecule has 0 heterocycles. The van der Waals surface area contributed by atoms with Crippen LogP contribution in [-0.4, -0.2) is 6.21 Å². The third-order valence-corrected chi connectivity index (χ3v) is 1.84. The molecule has 0 saturated heterocycles. The van der Waals surface area contributed by atoms with Crippen molar-refractivity contribution < 1.29 is 8.78 Å². The van der Waals surface area contributed by atoms with E-state index in [4.69, 9.17) is 5.41 Å². The average molecular weight is 195 g/mol. The number of nitrogens with one attached hydrogen (secondary N) is 1. The largest absolute Gasteiger partial charge is 0.308 e. The maximum atomic E-state index is 13.1. The second-order valence-corrected chi connectivity index (χ2v) is 2.82. The fourth-order valence-electron chi connectivity index (χ4n) is 1.12. The zero-order chi connectivity index (χ0) is 10.6. The lowest BCUT2D eigenvalue weighted by Gasteiger charge is -2.02. The van der Waals surface area contributed by atoms with Gasteiger partial charge in [0, 0.05) is 11.8 Å². The summed E-state index contributed by atoms with van der Waals surface area (Å²) in [4.78, 5) is 0. The van der Waals surface area contributed by atoms with Crippen molar-refractivity contribution in [2.45, 2.75) is 13.3 Å². The van der Waals surface area contributed by atoms with Gasteiger partial charge in [0.15, 0.2) is 11.6 Å².